The number of aromatic nitrogens is 2. The number of nitrogens with zero attached hydrogens (tertiary/aromatic N) is 2. The Labute approximate surface area is 107 Å². The van der Waals surface area contributed by atoms with Gasteiger partial charge in [0.15, 0.2) is 5.76 Å². The van der Waals surface area contributed by atoms with Gasteiger partial charge in [0.25, 0.3) is 0 Å². The molecule has 18 heavy (non-hydrogen) atoms. The van der Waals surface area contributed by atoms with Crippen LogP contribution in [0.5, 0.6) is 0 Å². The molecule has 2 aromatic heterocycles. The van der Waals surface area contributed by atoms with Gasteiger partial charge in [0.05, 0.1) is 18.4 Å². The Bertz CT molecular complexity index is 509. The minimum Gasteiger partial charge on any atom is -0.481 e. The summed E-state index contributed by atoms with van der Waals surface area (Å²) in [6, 6.07) is 3.49. The fraction of sp³-hybridized carbons (Fsp3) is 0.364. The summed E-state index contributed by atoms with van der Waals surface area (Å²) < 4.78 is 10.2. The summed E-state index contributed by atoms with van der Waals surface area (Å²) in [5, 5.41) is 12.4. The van der Waals surface area contributed by atoms with Gasteiger partial charge in [-0.15, -0.1) is 11.8 Å². The molecular weight excluding hydrogens is 256 g/mol. The summed E-state index contributed by atoms with van der Waals surface area (Å²) in [7, 11) is 0. The van der Waals surface area contributed by atoms with E-state index in [9.17, 15) is 4.79 Å². The Morgan fingerprint density at radius 2 is 2.44 bits per heavy atom. The molecule has 0 aromatic carbocycles. The highest BCUT2D eigenvalue weighted by molar-refractivity contribution is 7.99. The molecular formula is C11H12N2O4S. The van der Waals surface area contributed by atoms with Crippen molar-refractivity contribution in [2.75, 3.05) is 0 Å². The molecule has 2 aromatic rings. The van der Waals surface area contributed by atoms with Gasteiger partial charge in [0.2, 0.25) is 11.7 Å². The molecule has 0 radical (unpaired) electrons. The Morgan fingerprint density at radius 1 is 1.61 bits per heavy atom. The van der Waals surface area contributed by atoms with Gasteiger partial charge in [-0.25, -0.2) is 0 Å². The summed E-state index contributed by atoms with van der Waals surface area (Å²) in [6.07, 6.45) is 1.65. The number of carboxylic acid groups (broad SMARTS) is 1. The van der Waals surface area contributed by atoms with Gasteiger partial charge >= 0.3 is 5.97 Å². The van der Waals surface area contributed by atoms with Crippen LogP contribution in [0.2, 0.25) is 0 Å². The maximum atomic E-state index is 10.5. The zero-order valence-corrected chi connectivity index (χ0v) is 10.5. The van der Waals surface area contributed by atoms with Gasteiger partial charge in [-0.05, 0) is 12.1 Å². The lowest BCUT2D eigenvalue weighted by Crippen LogP contribution is -2.05. The Hall–Kier alpha value is -1.76. The third-order valence-corrected chi connectivity index (χ3v) is 3.31. The summed E-state index contributed by atoms with van der Waals surface area (Å²) in [5.41, 5.74) is 0. The van der Waals surface area contributed by atoms with Crippen LogP contribution in [0, 0.1) is 0 Å². The molecule has 0 aliphatic rings. The fourth-order valence-corrected chi connectivity index (χ4v) is 2.14. The number of furan rings is 1. The van der Waals surface area contributed by atoms with Crippen LogP contribution in [0.25, 0.3) is 11.6 Å². The zero-order chi connectivity index (χ0) is 13.0. The molecule has 0 spiro atoms. The maximum absolute atomic E-state index is 10.5. The third-order valence-electron chi connectivity index (χ3n) is 2.16. The zero-order valence-electron chi connectivity index (χ0n) is 9.70. The molecule has 1 N–H and O–H groups in total. The van der Waals surface area contributed by atoms with Gasteiger partial charge in [0, 0.05) is 5.25 Å². The molecule has 0 aliphatic heterocycles. The van der Waals surface area contributed by atoms with E-state index in [4.69, 9.17) is 14.0 Å². The quantitative estimate of drug-likeness (QED) is 0.860. The molecule has 2 rings (SSSR count). The molecule has 96 valence electrons. The molecule has 0 fully saturated rings. The molecule has 0 saturated heterocycles. The first-order valence-electron chi connectivity index (χ1n) is 5.35. The van der Waals surface area contributed by atoms with Crippen molar-refractivity contribution < 1.29 is 18.8 Å². The lowest BCUT2D eigenvalue weighted by Gasteiger charge is -2.04. The van der Waals surface area contributed by atoms with Gasteiger partial charge in [-0.2, -0.15) is 4.98 Å². The number of hydrogen-bond donors (Lipinski definition) is 1. The second kappa shape index (κ2) is 5.72. The predicted octanol–water partition coefficient (Wildman–Crippen LogP) is 2.43. The molecule has 6 nitrogen and oxygen atoms in total. The summed E-state index contributed by atoms with van der Waals surface area (Å²) in [5.74, 6) is 1.10. The lowest BCUT2D eigenvalue weighted by atomic mass is 10.3. The molecule has 2 heterocycles. The average Bonchev–Trinajstić information content (AvgIpc) is 2.96. The molecule has 0 amide bonds. The van der Waals surface area contributed by atoms with Crippen molar-refractivity contribution >= 4 is 17.7 Å². The SMILES string of the molecule is CC(CC(=O)O)SCc1nc(-c2ccco2)no1. The van der Waals surface area contributed by atoms with Gasteiger partial charge in [-0.1, -0.05) is 12.1 Å². The Balaban J connectivity index is 1.89. The maximum Gasteiger partial charge on any atom is 0.304 e. The minimum absolute atomic E-state index is 0.00135. The minimum atomic E-state index is -0.809. The van der Waals surface area contributed by atoms with E-state index in [1.54, 1.807) is 12.1 Å². The van der Waals surface area contributed by atoms with Crippen LogP contribution in [0.3, 0.4) is 0 Å². The van der Waals surface area contributed by atoms with Crippen molar-refractivity contribution in [3.05, 3.63) is 24.3 Å². The highest BCUT2D eigenvalue weighted by Crippen LogP contribution is 2.21. The smallest absolute Gasteiger partial charge is 0.304 e. The molecule has 1 atom stereocenters. The van der Waals surface area contributed by atoms with Crippen LogP contribution in [0.15, 0.2) is 27.3 Å². The molecule has 1 unspecified atom stereocenters. The van der Waals surface area contributed by atoms with Crippen LogP contribution in [0.4, 0.5) is 0 Å². The van der Waals surface area contributed by atoms with Crippen LogP contribution in [-0.4, -0.2) is 26.5 Å². The first-order valence-corrected chi connectivity index (χ1v) is 6.40. The Morgan fingerprint density at radius 3 is 3.11 bits per heavy atom. The number of rotatable bonds is 6. The third kappa shape index (κ3) is 3.36. The van der Waals surface area contributed by atoms with Crippen molar-refractivity contribution in [1.82, 2.24) is 10.1 Å². The van der Waals surface area contributed by atoms with Crippen molar-refractivity contribution in [2.45, 2.75) is 24.3 Å². The van der Waals surface area contributed by atoms with Crippen LogP contribution in [-0.2, 0) is 10.5 Å². The molecule has 0 bridgehead atoms. The normalized spacial score (nSPS) is 12.5. The van der Waals surface area contributed by atoms with Gasteiger partial charge in [-0.3, -0.25) is 4.79 Å². The monoisotopic (exact) mass is 268 g/mol. The van der Waals surface area contributed by atoms with E-state index in [0.717, 1.165) is 0 Å². The van der Waals surface area contributed by atoms with Gasteiger partial charge < -0.3 is 14.0 Å². The van der Waals surface area contributed by atoms with E-state index < -0.39 is 5.97 Å². The Kier molecular flexibility index (Phi) is 4.03. The van der Waals surface area contributed by atoms with Crippen molar-refractivity contribution in [3.63, 3.8) is 0 Å². The van der Waals surface area contributed by atoms with Crippen molar-refractivity contribution in [1.29, 1.82) is 0 Å². The second-order valence-electron chi connectivity index (χ2n) is 3.71. The molecule has 7 heteroatoms. The van der Waals surface area contributed by atoms with E-state index in [0.29, 0.717) is 23.2 Å². The summed E-state index contributed by atoms with van der Waals surface area (Å²) >= 11 is 1.46. The number of carboxylic acids is 1. The van der Waals surface area contributed by atoms with Crippen LogP contribution in [0.1, 0.15) is 19.2 Å². The number of hydrogen-bond acceptors (Lipinski definition) is 6. The van der Waals surface area contributed by atoms with E-state index in [1.165, 1.54) is 18.0 Å². The molecule has 0 saturated carbocycles. The van der Waals surface area contributed by atoms with E-state index in [-0.39, 0.29) is 11.7 Å². The summed E-state index contributed by atoms with van der Waals surface area (Å²) in [4.78, 5) is 14.7. The topological polar surface area (TPSA) is 89.4 Å². The number of thioether (sulfide) groups is 1. The highest BCUT2D eigenvalue weighted by atomic mass is 32.2. The first kappa shape index (κ1) is 12.7. The van der Waals surface area contributed by atoms with Crippen LogP contribution < -0.4 is 0 Å². The van der Waals surface area contributed by atoms with Crippen molar-refractivity contribution in [2.24, 2.45) is 0 Å². The largest absolute Gasteiger partial charge is 0.481 e. The molecule has 0 aliphatic carbocycles. The predicted molar refractivity (Wildman–Crippen MR) is 65.0 cm³/mol. The number of carbonyl (C=O) groups is 1. The summed E-state index contributed by atoms with van der Waals surface area (Å²) in [6.45, 7) is 1.85. The highest BCUT2D eigenvalue weighted by Gasteiger charge is 2.13. The number of aliphatic carboxylic acids is 1. The first-order chi connectivity index (χ1) is 8.65. The lowest BCUT2D eigenvalue weighted by molar-refractivity contribution is -0.136. The van der Waals surface area contributed by atoms with E-state index >= 15 is 0 Å². The van der Waals surface area contributed by atoms with Crippen LogP contribution >= 0.6 is 11.8 Å². The van der Waals surface area contributed by atoms with Gasteiger partial charge in [0.1, 0.15) is 0 Å². The van der Waals surface area contributed by atoms with Crippen molar-refractivity contribution in [3.8, 4) is 11.6 Å². The van der Waals surface area contributed by atoms with E-state index in [2.05, 4.69) is 10.1 Å². The second-order valence-corrected chi connectivity index (χ2v) is 5.14. The average molecular weight is 268 g/mol. The van der Waals surface area contributed by atoms with E-state index in [1.807, 2.05) is 6.92 Å². The standard InChI is InChI=1S/C11H12N2O4S/c1-7(5-10(14)15)18-6-9-12-11(13-17-9)8-3-2-4-16-8/h2-4,7H,5-6H2,1H3,(H,14,15). The fourth-order valence-electron chi connectivity index (χ4n) is 1.34.